The van der Waals surface area contributed by atoms with Crippen molar-refractivity contribution in [2.75, 3.05) is 20.3 Å². The first kappa shape index (κ1) is 18.7. The Morgan fingerprint density at radius 3 is 2.52 bits per heavy atom. The largest absolute Gasteiger partial charge is 0.478 e. The topological polar surface area (TPSA) is 112 Å². The lowest BCUT2D eigenvalue weighted by Crippen LogP contribution is -2.18. The fourth-order valence-electron chi connectivity index (χ4n) is 2.42. The van der Waals surface area contributed by atoms with Gasteiger partial charge in [0, 0.05) is 22.7 Å². The van der Waals surface area contributed by atoms with Gasteiger partial charge in [-0.1, -0.05) is 29.8 Å². The van der Waals surface area contributed by atoms with Crippen LogP contribution >= 0.6 is 11.6 Å². The SMILES string of the molecule is COC(=O)c1c(OCCN)nc(C)c(C(=O)O)c1-c1ccccc1Cl. The molecule has 2 aromatic rings. The molecule has 0 bridgehead atoms. The average molecular weight is 365 g/mol. The number of aromatic nitrogens is 1. The van der Waals surface area contributed by atoms with Crippen LogP contribution in [0.5, 0.6) is 5.88 Å². The zero-order valence-corrected chi connectivity index (χ0v) is 14.5. The molecular weight excluding hydrogens is 348 g/mol. The smallest absolute Gasteiger partial charge is 0.344 e. The molecule has 2 rings (SSSR count). The van der Waals surface area contributed by atoms with Crippen molar-refractivity contribution in [2.45, 2.75) is 6.92 Å². The third kappa shape index (κ3) is 3.72. The highest BCUT2D eigenvalue weighted by Gasteiger charge is 2.29. The molecule has 25 heavy (non-hydrogen) atoms. The number of carbonyl (C=O) groups excluding carboxylic acids is 1. The molecule has 132 valence electrons. The summed E-state index contributed by atoms with van der Waals surface area (Å²) in [5.41, 5.74) is 5.84. The molecular formula is C17H17ClN2O5. The fourth-order valence-corrected chi connectivity index (χ4v) is 2.65. The highest BCUT2D eigenvalue weighted by Crippen LogP contribution is 2.38. The van der Waals surface area contributed by atoms with E-state index in [1.54, 1.807) is 24.3 Å². The predicted octanol–water partition coefficient (Wildman–Crippen LogP) is 2.53. The number of ether oxygens (including phenoxy) is 2. The summed E-state index contributed by atoms with van der Waals surface area (Å²) in [6.07, 6.45) is 0. The van der Waals surface area contributed by atoms with E-state index in [0.717, 1.165) is 0 Å². The van der Waals surface area contributed by atoms with Gasteiger partial charge in [0.25, 0.3) is 0 Å². The Bertz CT molecular complexity index is 823. The van der Waals surface area contributed by atoms with Gasteiger partial charge in [-0.25, -0.2) is 14.6 Å². The molecule has 0 amide bonds. The highest BCUT2D eigenvalue weighted by atomic mass is 35.5. The third-order valence-corrected chi connectivity index (χ3v) is 3.78. The number of methoxy groups -OCH3 is 1. The molecule has 0 spiro atoms. The summed E-state index contributed by atoms with van der Waals surface area (Å²) in [5, 5.41) is 9.93. The molecule has 0 saturated heterocycles. The van der Waals surface area contributed by atoms with E-state index in [4.69, 9.17) is 26.8 Å². The summed E-state index contributed by atoms with van der Waals surface area (Å²) in [7, 11) is 1.19. The first-order chi connectivity index (χ1) is 11.9. The number of nitrogens with zero attached hydrogens (tertiary/aromatic N) is 1. The fraction of sp³-hybridized carbons (Fsp3) is 0.235. The second-order valence-corrected chi connectivity index (χ2v) is 5.45. The number of aromatic carboxylic acids is 1. The van der Waals surface area contributed by atoms with Crippen molar-refractivity contribution in [3.05, 3.63) is 46.1 Å². The molecule has 8 heteroatoms. The third-order valence-electron chi connectivity index (χ3n) is 3.45. The van der Waals surface area contributed by atoms with E-state index >= 15 is 0 Å². The summed E-state index contributed by atoms with van der Waals surface area (Å²) in [4.78, 5) is 28.3. The number of carboxylic acids is 1. The number of hydrogen-bond acceptors (Lipinski definition) is 6. The van der Waals surface area contributed by atoms with E-state index in [0.29, 0.717) is 5.56 Å². The Hall–Kier alpha value is -2.64. The summed E-state index contributed by atoms with van der Waals surface area (Å²) in [6, 6.07) is 6.59. The highest BCUT2D eigenvalue weighted by molar-refractivity contribution is 6.34. The second-order valence-electron chi connectivity index (χ2n) is 5.04. The van der Waals surface area contributed by atoms with Crippen LogP contribution in [0.1, 0.15) is 26.4 Å². The zero-order valence-electron chi connectivity index (χ0n) is 13.7. The van der Waals surface area contributed by atoms with E-state index < -0.39 is 11.9 Å². The Balaban J connectivity index is 2.92. The molecule has 7 nitrogen and oxygen atoms in total. The van der Waals surface area contributed by atoms with E-state index in [2.05, 4.69) is 4.98 Å². The molecule has 0 saturated carbocycles. The standard InChI is InChI=1S/C17H17ClN2O5/c1-9-12(16(21)22)13(10-5-3-4-6-11(10)18)14(17(23)24-2)15(20-9)25-8-7-19/h3-6H,7-8,19H2,1-2H3,(H,21,22). The van der Waals surface area contributed by atoms with Crippen LogP contribution in [0.25, 0.3) is 11.1 Å². The molecule has 1 aromatic heterocycles. The first-order valence-electron chi connectivity index (χ1n) is 7.36. The van der Waals surface area contributed by atoms with Gasteiger partial charge in [0.1, 0.15) is 12.2 Å². The lowest BCUT2D eigenvalue weighted by molar-refractivity contribution is 0.0596. The minimum atomic E-state index is -1.24. The molecule has 3 N–H and O–H groups in total. The molecule has 0 aliphatic heterocycles. The number of esters is 1. The molecule has 0 aliphatic carbocycles. The van der Waals surface area contributed by atoms with Crippen molar-refractivity contribution in [3.63, 3.8) is 0 Å². The number of nitrogens with two attached hydrogens (primary N) is 1. The van der Waals surface area contributed by atoms with E-state index in [1.165, 1.54) is 14.0 Å². The van der Waals surface area contributed by atoms with Gasteiger partial charge < -0.3 is 20.3 Å². The zero-order chi connectivity index (χ0) is 18.6. The monoisotopic (exact) mass is 364 g/mol. The maximum atomic E-state index is 12.4. The lowest BCUT2D eigenvalue weighted by atomic mass is 9.94. The van der Waals surface area contributed by atoms with Crippen molar-refractivity contribution < 1.29 is 24.2 Å². The van der Waals surface area contributed by atoms with Gasteiger partial charge in [0.15, 0.2) is 0 Å². The van der Waals surface area contributed by atoms with Gasteiger partial charge in [-0.2, -0.15) is 0 Å². The van der Waals surface area contributed by atoms with Gasteiger partial charge in [-0.15, -0.1) is 0 Å². The molecule has 1 heterocycles. The summed E-state index contributed by atoms with van der Waals surface area (Å²) in [6.45, 7) is 1.81. The predicted molar refractivity (Wildman–Crippen MR) is 92.3 cm³/mol. The van der Waals surface area contributed by atoms with Gasteiger partial charge in [-0.05, 0) is 13.0 Å². The number of carbonyl (C=O) groups is 2. The number of carboxylic acid groups (broad SMARTS) is 1. The summed E-state index contributed by atoms with van der Waals surface area (Å²) in [5.74, 6) is -2.07. The number of aryl methyl sites for hydroxylation is 1. The van der Waals surface area contributed by atoms with Crippen molar-refractivity contribution in [1.82, 2.24) is 4.98 Å². The Morgan fingerprint density at radius 2 is 1.96 bits per heavy atom. The summed E-state index contributed by atoms with van der Waals surface area (Å²) >= 11 is 6.24. The lowest BCUT2D eigenvalue weighted by Gasteiger charge is -2.18. The van der Waals surface area contributed by atoms with Gasteiger partial charge in [0.05, 0.1) is 18.4 Å². The van der Waals surface area contributed by atoms with Crippen LogP contribution in [0.2, 0.25) is 5.02 Å². The number of hydrogen-bond donors (Lipinski definition) is 2. The number of pyridine rings is 1. The molecule has 0 aliphatic rings. The van der Waals surface area contributed by atoms with E-state index in [9.17, 15) is 14.7 Å². The van der Waals surface area contributed by atoms with Crippen LogP contribution in [0.4, 0.5) is 0 Å². The van der Waals surface area contributed by atoms with Crippen LogP contribution in [0.3, 0.4) is 0 Å². The first-order valence-corrected chi connectivity index (χ1v) is 7.74. The van der Waals surface area contributed by atoms with Crippen molar-refractivity contribution in [2.24, 2.45) is 5.73 Å². The van der Waals surface area contributed by atoms with Gasteiger partial charge in [0.2, 0.25) is 5.88 Å². The van der Waals surface area contributed by atoms with E-state index in [1.807, 2.05) is 0 Å². The Morgan fingerprint density at radius 1 is 1.28 bits per heavy atom. The van der Waals surface area contributed by atoms with Crippen molar-refractivity contribution in [1.29, 1.82) is 0 Å². The van der Waals surface area contributed by atoms with Crippen LogP contribution in [-0.2, 0) is 4.74 Å². The number of rotatable bonds is 6. The summed E-state index contributed by atoms with van der Waals surface area (Å²) < 4.78 is 10.3. The number of halogens is 1. The minimum Gasteiger partial charge on any atom is -0.478 e. The minimum absolute atomic E-state index is 0.0466. The van der Waals surface area contributed by atoms with E-state index in [-0.39, 0.29) is 46.4 Å². The molecule has 0 unspecified atom stereocenters. The molecule has 1 aromatic carbocycles. The Labute approximate surface area is 149 Å². The molecule has 0 atom stereocenters. The second kappa shape index (κ2) is 7.96. The van der Waals surface area contributed by atoms with Crippen molar-refractivity contribution in [3.8, 4) is 17.0 Å². The van der Waals surface area contributed by atoms with Gasteiger partial charge in [-0.3, -0.25) is 0 Å². The quantitative estimate of drug-likeness (QED) is 0.757. The average Bonchev–Trinajstić information content (AvgIpc) is 2.58. The number of benzene rings is 1. The molecule has 0 fully saturated rings. The Kier molecular flexibility index (Phi) is 5.95. The maximum absolute atomic E-state index is 12.4. The van der Waals surface area contributed by atoms with Crippen LogP contribution < -0.4 is 10.5 Å². The molecule has 0 radical (unpaired) electrons. The van der Waals surface area contributed by atoms with Crippen LogP contribution in [0.15, 0.2) is 24.3 Å². The van der Waals surface area contributed by atoms with Gasteiger partial charge >= 0.3 is 11.9 Å². The van der Waals surface area contributed by atoms with Crippen LogP contribution in [0, 0.1) is 6.92 Å². The van der Waals surface area contributed by atoms with Crippen molar-refractivity contribution >= 4 is 23.5 Å². The maximum Gasteiger partial charge on any atom is 0.344 e. The van der Waals surface area contributed by atoms with Crippen LogP contribution in [-0.4, -0.2) is 42.3 Å². The normalized spacial score (nSPS) is 10.4.